The Labute approximate surface area is 96.0 Å². The third-order valence-corrected chi connectivity index (χ3v) is 2.87. The molecule has 1 aliphatic carbocycles. The molecular formula is C13H18O3. The maximum atomic E-state index is 9.91. The Morgan fingerprint density at radius 3 is 2.38 bits per heavy atom. The molecule has 88 valence electrons. The van der Waals surface area contributed by atoms with Crippen molar-refractivity contribution in [1.82, 2.24) is 0 Å². The molecule has 3 nitrogen and oxygen atoms in total. The monoisotopic (exact) mass is 222 g/mol. The van der Waals surface area contributed by atoms with Gasteiger partial charge in [0.2, 0.25) is 0 Å². The van der Waals surface area contributed by atoms with Crippen LogP contribution in [0.2, 0.25) is 0 Å². The molecular weight excluding hydrogens is 204 g/mol. The molecule has 0 saturated heterocycles. The number of rotatable bonds is 5. The van der Waals surface area contributed by atoms with Crippen LogP contribution >= 0.6 is 0 Å². The summed E-state index contributed by atoms with van der Waals surface area (Å²) >= 11 is 0. The first kappa shape index (κ1) is 11.4. The van der Waals surface area contributed by atoms with Crippen LogP contribution in [-0.4, -0.2) is 24.4 Å². The number of benzene rings is 1. The Morgan fingerprint density at radius 1 is 1.25 bits per heavy atom. The Bertz CT molecular complexity index is 330. The highest BCUT2D eigenvalue weighted by molar-refractivity contribution is 5.29. The summed E-state index contributed by atoms with van der Waals surface area (Å²) in [6.07, 6.45) is 1.94. The van der Waals surface area contributed by atoms with Gasteiger partial charge in [-0.3, -0.25) is 0 Å². The van der Waals surface area contributed by atoms with Gasteiger partial charge >= 0.3 is 0 Å². The third kappa shape index (κ3) is 2.74. The van der Waals surface area contributed by atoms with E-state index in [4.69, 9.17) is 9.47 Å². The molecule has 0 spiro atoms. The summed E-state index contributed by atoms with van der Waals surface area (Å²) in [4.78, 5) is 0. The van der Waals surface area contributed by atoms with Crippen LogP contribution in [0, 0.1) is 0 Å². The second kappa shape index (κ2) is 4.85. The van der Waals surface area contributed by atoms with Crippen LogP contribution < -0.4 is 4.74 Å². The Kier molecular flexibility index (Phi) is 3.46. The van der Waals surface area contributed by atoms with Crippen LogP contribution in [0.5, 0.6) is 5.75 Å². The van der Waals surface area contributed by atoms with Gasteiger partial charge in [-0.05, 0) is 37.5 Å². The van der Waals surface area contributed by atoms with Gasteiger partial charge in [-0.1, -0.05) is 12.1 Å². The molecule has 0 radical (unpaired) electrons. The van der Waals surface area contributed by atoms with Gasteiger partial charge < -0.3 is 14.6 Å². The van der Waals surface area contributed by atoms with Crippen molar-refractivity contribution in [3.8, 4) is 5.75 Å². The van der Waals surface area contributed by atoms with Crippen molar-refractivity contribution in [2.45, 2.75) is 38.1 Å². The van der Waals surface area contributed by atoms with Gasteiger partial charge in [0.15, 0.2) is 0 Å². The summed E-state index contributed by atoms with van der Waals surface area (Å²) in [5.41, 5.74) is 0.859. The average molecular weight is 222 g/mol. The molecule has 1 N–H and O–H groups in total. The lowest BCUT2D eigenvalue weighted by atomic mass is 10.1. The van der Waals surface area contributed by atoms with Crippen LogP contribution in [0.15, 0.2) is 24.3 Å². The zero-order valence-electron chi connectivity index (χ0n) is 9.72. The van der Waals surface area contributed by atoms with E-state index in [9.17, 15) is 5.11 Å². The van der Waals surface area contributed by atoms with Gasteiger partial charge in [0.1, 0.15) is 11.9 Å². The topological polar surface area (TPSA) is 38.7 Å². The second-order valence-corrected chi connectivity index (χ2v) is 4.27. The van der Waals surface area contributed by atoms with Gasteiger partial charge in [-0.25, -0.2) is 0 Å². The average Bonchev–Trinajstić information content (AvgIpc) is 3.12. The predicted molar refractivity (Wildman–Crippen MR) is 61.5 cm³/mol. The Hall–Kier alpha value is -1.06. The number of aliphatic hydroxyl groups is 1. The molecule has 0 heterocycles. The van der Waals surface area contributed by atoms with Crippen molar-refractivity contribution in [3.05, 3.63) is 29.8 Å². The van der Waals surface area contributed by atoms with Gasteiger partial charge in [-0.15, -0.1) is 0 Å². The normalized spacial score (nSPS) is 19.2. The molecule has 0 aliphatic heterocycles. The minimum Gasteiger partial charge on any atom is -0.490 e. The molecule has 0 aromatic heterocycles. The van der Waals surface area contributed by atoms with Crippen molar-refractivity contribution >= 4 is 0 Å². The minimum atomic E-state index is -0.583. The van der Waals surface area contributed by atoms with Gasteiger partial charge in [-0.2, -0.15) is 0 Å². The van der Waals surface area contributed by atoms with Crippen molar-refractivity contribution in [2.75, 3.05) is 7.11 Å². The zero-order valence-corrected chi connectivity index (χ0v) is 9.72. The highest BCUT2D eigenvalue weighted by atomic mass is 16.5. The summed E-state index contributed by atoms with van der Waals surface area (Å²) in [7, 11) is 1.60. The lowest BCUT2D eigenvalue weighted by Gasteiger charge is -2.17. The molecule has 2 atom stereocenters. The Balaban J connectivity index is 1.99. The molecule has 1 aliphatic rings. The third-order valence-electron chi connectivity index (χ3n) is 2.87. The maximum Gasteiger partial charge on any atom is 0.119 e. The fourth-order valence-electron chi connectivity index (χ4n) is 1.52. The van der Waals surface area contributed by atoms with Crippen molar-refractivity contribution in [2.24, 2.45) is 0 Å². The van der Waals surface area contributed by atoms with Crippen LogP contribution in [-0.2, 0) is 4.74 Å². The van der Waals surface area contributed by atoms with E-state index in [1.807, 2.05) is 31.2 Å². The molecule has 1 saturated carbocycles. The van der Waals surface area contributed by atoms with E-state index in [2.05, 4.69) is 0 Å². The predicted octanol–water partition coefficient (Wildman–Crippen LogP) is 2.30. The molecule has 2 unspecified atom stereocenters. The van der Waals surface area contributed by atoms with Crippen LogP contribution in [0.4, 0.5) is 0 Å². The van der Waals surface area contributed by atoms with E-state index >= 15 is 0 Å². The molecule has 16 heavy (non-hydrogen) atoms. The fourth-order valence-corrected chi connectivity index (χ4v) is 1.52. The molecule has 1 aromatic rings. The molecule has 1 aromatic carbocycles. The van der Waals surface area contributed by atoms with E-state index in [1.54, 1.807) is 7.11 Å². The standard InChI is InChI=1S/C13H18O3/c1-9(15-2)13(14)10-3-5-11(6-4-10)16-12-7-8-12/h3-6,9,12-14H,7-8H2,1-2H3. The first-order valence-electron chi connectivity index (χ1n) is 5.68. The van der Waals surface area contributed by atoms with Gasteiger partial charge in [0, 0.05) is 7.11 Å². The summed E-state index contributed by atoms with van der Waals surface area (Å²) in [5.74, 6) is 0.878. The second-order valence-electron chi connectivity index (χ2n) is 4.27. The number of methoxy groups -OCH3 is 1. The van der Waals surface area contributed by atoms with Crippen molar-refractivity contribution < 1.29 is 14.6 Å². The van der Waals surface area contributed by atoms with Crippen molar-refractivity contribution in [1.29, 1.82) is 0 Å². The molecule has 1 fully saturated rings. The van der Waals surface area contributed by atoms with Gasteiger partial charge in [0.05, 0.1) is 12.2 Å². The summed E-state index contributed by atoms with van der Waals surface area (Å²) < 4.78 is 10.7. The summed E-state index contributed by atoms with van der Waals surface area (Å²) in [6.45, 7) is 1.85. The van der Waals surface area contributed by atoms with Crippen LogP contribution in [0.25, 0.3) is 0 Å². The largest absolute Gasteiger partial charge is 0.490 e. The SMILES string of the molecule is COC(C)C(O)c1ccc(OC2CC2)cc1. The zero-order chi connectivity index (χ0) is 11.5. The number of aliphatic hydroxyl groups excluding tert-OH is 1. The number of hydrogen-bond donors (Lipinski definition) is 1. The maximum absolute atomic E-state index is 9.91. The molecule has 3 heteroatoms. The van der Waals surface area contributed by atoms with E-state index in [0.717, 1.165) is 24.2 Å². The summed E-state index contributed by atoms with van der Waals surface area (Å²) in [5, 5.41) is 9.91. The highest BCUT2D eigenvalue weighted by Gasteiger charge is 2.23. The smallest absolute Gasteiger partial charge is 0.119 e. The first-order valence-corrected chi connectivity index (χ1v) is 5.68. The summed E-state index contributed by atoms with van der Waals surface area (Å²) in [6, 6.07) is 7.58. The van der Waals surface area contributed by atoms with E-state index in [0.29, 0.717) is 6.10 Å². The lowest BCUT2D eigenvalue weighted by Crippen LogP contribution is -2.16. The Morgan fingerprint density at radius 2 is 1.88 bits per heavy atom. The molecule has 0 amide bonds. The van der Waals surface area contributed by atoms with E-state index in [-0.39, 0.29) is 6.10 Å². The highest BCUT2D eigenvalue weighted by Crippen LogP contribution is 2.28. The minimum absolute atomic E-state index is 0.199. The van der Waals surface area contributed by atoms with Gasteiger partial charge in [0.25, 0.3) is 0 Å². The number of ether oxygens (including phenoxy) is 2. The van der Waals surface area contributed by atoms with Crippen LogP contribution in [0.3, 0.4) is 0 Å². The van der Waals surface area contributed by atoms with E-state index in [1.165, 1.54) is 0 Å². The fraction of sp³-hybridized carbons (Fsp3) is 0.538. The van der Waals surface area contributed by atoms with Crippen LogP contribution in [0.1, 0.15) is 31.4 Å². The number of hydrogen-bond acceptors (Lipinski definition) is 3. The van der Waals surface area contributed by atoms with E-state index < -0.39 is 6.10 Å². The first-order chi connectivity index (χ1) is 7.70. The quantitative estimate of drug-likeness (QED) is 0.830. The lowest BCUT2D eigenvalue weighted by molar-refractivity contribution is -0.00144. The molecule has 0 bridgehead atoms. The molecule has 2 rings (SSSR count). The van der Waals surface area contributed by atoms with Crippen molar-refractivity contribution in [3.63, 3.8) is 0 Å².